The number of benzene rings is 5. The van der Waals surface area contributed by atoms with Gasteiger partial charge in [0.1, 0.15) is 90.7 Å². The van der Waals surface area contributed by atoms with Crippen LogP contribution in [0.4, 0.5) is 27.7 Å². The summed E-state index contributed by atoms with van der Waals surface area (Å²) in [6.07, 6.45) is 10.4. The molecule has 0 amide bonds. The van der Waals surface area contributed by atoms with Gasteiger partial charge in [0, 0.05) is 87.1 Å². The van der Waals surface area contributed by atoms with Crippen LogP contribution in [-0.2, 0) is 26.2 Å². The van der Waals surface area contributed by atoms with E-state index in [4.69, 9.17) is 42.9 Å². The van der Waals surface area contributed by atoms with Gasteiger partial charge in [-0.2, -0.15) is 15.7 Å². The van der Waals surface area contributed by atoms with Crippen LogP contribution < -0.4 is 22.9 Å². The Balaban J connectivity index is 0.000000106. The molecule has 108 heavy (non-hydrogen) atoms. The van der Waals surface area contributed by atoms with Crippen molar-refractivity contribution in [1.82, 2.24) is 84.4 Å². The van der Waals surface area contributed by atoms with Crippen molar-refractivity contribution < 1.29 is 4.39 Å². The maximum atomic E-state index is 13.1. The number of anilines is 4. The first-order valence-corrected chi connectivity index (χ1v) is 38.1. The standard InChI is InChI=1S/C23H23N5.C21H19FN6.2C20H19N5S/c1-14-5-7-16(8-6-14)17-9-10-18-19(12-17)25-23(24)22-21(18)26-20(27-22)13-28-11-3-4-15(28)2;1-12-3-2-8-28(12)11-18-26-19-15-6-4-13(14-5-7-17(22)24-10-14)9-16(15)25-21(23)20(19)27-18;1-12-4-2-8-25(12)11-17-23-18-14-7-6-13(16-5-3-9-26-16)10-15(14)22-20(21)19(18)24-17;1-12-3-2-7-25(12)10-17-23-18-15-5-4-13(14-6-8-26-11-14)9-16(15)22-20(21)19(18)24-17/h5-10,12H,2-4,11,13H2,1H3,(H2,24,25)(H,26,27);4-7,9-10H,1-3,8,11H2,(H2,23,25)(H,26,27);3,5-7,9-10H,1-2,4,8,11H2,(H2,21,22)(H,23,24);4-6,8-9,11H,1-3,7,10H2,(H2,21,22)(H,23,24). The lowest BCUT2D eigenvalue weighted by molar-refractivity contribution is 0.378. The molecule has 0 spiro atoms. The maximum absolute atomic E-state index is 13.1. The molecule has 15 heterocycles. The molecule has 0 radical (unpaired) electrons. The molecule has 4 aliphatic heterocycles. The van der Waals surface area contributed by atoms with Gasteiger partial charge in [-0.25, -0.2) is 44.9 Å². The van der Waals surface area contributed by atoms with Crippen molar-refractivity contribution >= 4 is 134 Å². The van der Waals surface area contributed by atoms with E-state index in [9.17, 15) is 4.39 Å². The van der Waals surface area contributed by atoms with Crippen LogP contribution in [0.1, 0.15) is 80.2 Å². The summed E-state index contributed by atoms with van der Waals surface area (Å²) in [7, 11) is 0. The van der Waals surface area contributed by atoms with E-state index in [1.54, 1.807) is 28.7 Å². The lowest BCUT2D eigenvalue weighted by atomic mass is 10.0. The lowest BCUT2D eigenvalue weighted by Gasteiger charge is -2.16. The third-order valence-corrected chi connectivity index (χ3v) is 22.4. The minimum absolute atomic E-state index is 0.413. The largest absolute Gasteiger partial charge is 0.382 e. The Morgan fingerprint density at radius 2 is 0.750 bits per heavy atom. The van der Waals surface area contributed by atoms with E-state index >= 15 is 0 Å². The van der Waals surface area contributed by atoms with Gasteiger partial charge in [0.25, 0.3) is 0 Å². The van der Waals surface area contributed by atoms with Gasteiger partial charge in [-0.1, -0.05) is 86.5 Å². The number of aromatic amines is 4. The number of halogens is 1. The van der Waals surface area contributed by atoms with Gasteiger partial charge in [0.05, 0.1) is 48.2 Å². The van der Waals surface area contributed by atoms with Crippen LogP contribution in [0, 0.1) is 12.9 Å². The molecule has 20 rings (SSSR count). The number of aryl methyl sites for hydroxylation is 1. The summed E-state index contributed by atoms with van der Waals surface area (Å²) in [5.41, 5.74) is 48.4. The van der Waals surface area contributed by atoms with Crippen molar-refractivity contribution in [2.75, 3.05) is 49.1 Å². The Bertz CT molecular complexity index is 5800. The Morgan fingerprint density at radius 1 is 0.398 bits per heavy atom. The number of fused-ring (bicyclic) bond motifs is 12. The number of rotatable bonds is 12. The van der Waals surface area contributed by atoms with Gasteiger partial charge in [-0.15, -0.1) is 11.3 Å². The summed E-state index contributed by atoms with van der Waals surface area (Å²) in [6, 6.07) is 42.6. The number of nitrogens with zero attached hydrogens (tertiary/aromatic N) is 13. The highest BCUT2D eigenvalue weighted by atomic mass is 32.1. The second-order valence-corrected chi connectivity index (χ2v) is 29.9. The van der Waals surface area contributed by atoms with Crippen molar-refractivity contribution in [2.24, 2.45) is 0 Å². The number of imidazole rings is 4. The molecule has 0 unspecified atom stereocenters. The molecule has 0 aliphatic carbocycles. The van der Waals surface area contributed by atoms with Crippen molar-refractivity contribution in [3.8, 4) is 43.8 Å². The van der Waals surface area contributed by atoms with Crippen molar-refractivity contribution in [3.63, 3.8) is 0 Å². The number of hydrogen-bond donors (Lipinski definition) is 8. The fourth-order valence-electron chi connectivity index (χ4n) is 15.1. The molecule has 12 N–H and O–H groups in total. The first kappa shape index (κ1) is 68.6. The normalized spacial score (nSPS) is 14.6. The molecule has 540 valence electrons. The first-order valence-electron chi connectivity index (χ1n) is 36.3. The number of hydrogen-bond acceptors (Lipinski definition) is 19. The van der Waals surface area contributed by atoms with Crippen molar-refractivity contribution in [2.45, 2.75) is 84.5 Å². The number of thiophene rings is 2. The predicted octanol–water partition coefficient (Wildman–Crippen LogP) is 17.8. The molecule has 0 atom stereocenters. The lowest BCUT2D eigenvalue weighted by Crippen LogP contribution is -2.17. The number of nitrogens with one attached hydrogen (secondary N) is 4. The van der Waals surface area contributed by atoms with Crippen LogP contribution in [-0.4, -0.2) is 111 Å². The van der Waals surface area contributed by atoms with Gasteiger partial charge in [0.15, 0.2) is 0 Å². The second kappa shape index (κ2) is 28.7. The molecule has 4 saturated heterocycles. The number of H-pyrrole nitrogens is 4. The van der Waals surface area contributed by atoms with Crippen LogP contribution >= 0.6 is 22.7 Å². The zero-order valence-corrected chi connectivity index (χ0v) is 61.5. The van der Waals surface area contributed by atoms with Crippen LogP contribution in [0.3, 0.4) is 0 Å². The number of aromatic nitrogens is 13. The Hall–Kier alpha value is -12.5. The molecule has 16 aromatic rings. The molecule has 0 bridgehead atoms. The highest BCUT2D eigenvalue weighted by Gasteiger charge is 2.24. The van der Waals surface area contributed by atoms with E-state index in [1.807, 2.05) is 18.2 Å². The van der Waals surface area contributed by atoms with Crippen molar-refractivity contribution in [1.29, 1.82) is 0 Å². The van der Waals surface area contributed by atoms with Crippen LogP contribution in [0.15, 0.2) is 199 Å². The molecule has 5 aromatic carbocycles. The number of allylic oxidation sites excluding steroid dienone is 4. The number of likely N-dealkylation sites (tertiary alicyclic amines) is 4. The first-order chi connectivity index (χ1) is 52.5. The molecule has 4 fully saturated rings. The van der Waals surface area contributed by atoms with Crippen LogP contribution in [0.5, 0.6) is 0 Å². The van der Waals surface area contributed by atoms with Crippen molar-refractivity contribution in [3.05, 3.63) is 234 Å². The molecular weight excluding hydrogens is 1390 g/mol. The number of nitrogens with two attached hydrogens (primary N) is 4. The fourth-order valence-corrected chi connectivity index (χ4v) is 16.4. The SMILES string of the molecule is C=C1CCCN1Cc1nc2c([nH]1)c(N)nc1cc(-c3ccc(C)cc3)ccc12.C=C1CCCN1Cc1nc2c([nH]1)c(N)nc1cc(-c3ccc(F)nc3)ccc12.C=C1CCCN1Cc1nc2c([nH]1)c(N)nc1cc(-c3cccs3)ccc12.C=C1CCCN1Cc1nc2c([nH]1)c(N)nc1cc(-c3ccsc3)ccc12. The smallest absolute Gasteiger partial charge is 0.212 e. The van der Waals surface area contributed by atoms with Crippen LogP contribution in [0.2, 0.25) is 0 Å². The van der Waals surface area contributed by atoms with Gasteiger partial charge < -0.3 is 62.5 Å². The van der Waals surface area contributed by atoms with E-state index < -0.39 is 5.95 Å². The van der Waals surface area contributed by atoms with Gasteiger partial charge in [-0.3, -0.25) is 0 Å². The van der Waals surface area contributed by atoms with Gasteiger partial charge >= 0.3 is 0 Å². The Kier molecular flexibility index (Phi) is 18.2. The average Bonchev–Trinajstić information content (AvgIpc) is 1.58. The predicted molar refractivity (Wildman–Crippen MR) is 438 cm³/mol. The topological polar surface area (TPSA) is 296 Å². The zero-order chi connectivity index (χ0) is 73.8. The molecule has 11 aromatic heterocycles. The number of pyridine rings is 5. The summed E-state index contributed by atoms with van der Waals surface area (Å²) < 4.78 is 13.1. The summed E-state index contributed by atoms with van der Waals surface area (Å²) in [6.45, 7) is 25.6. The third-order valence-electron chi connectivity index (χ3n) is 20.8. The Labute approximate surface area is 629 Å². The highest BCUT2D eigenvalue weighted by molar-refractivity contribution is 7.13. The van der Waals surface area contributed by atoms with Crippen LogP contribution in [0.25, 0.3) is 132 Å². The monoisotopic (exact) mass is 1470 g/mol. The molecule has 4 aliphatic rings. The molecular formula is C84H80FN21S2. The highest BCUT2D eigenvalue weighted by Crippen LogP contribution is 2.38. The summed E-state index contributed by atoms with van der Waals surface area (Å²) in [5.74, 6) is 4.96. The summed E-state index contributed by atoms with van der Waals surface area (Å²) in [5, 5.41) is 10.3. The zero-order valence-electron chi connectivity index (χ0n) is 59.9. The average molecular weight is 1470 g/mol. The Morgan fingerprint density at radius 3 is 1.08 bits per heavy atom. The summed E-state index contributed by atoms with van der Waals surface area (Å²) >= 11 is 3.41. The van der Waals surface area contributed by atoms with Gasteiger partial charge in [-0.05, 0) is 181 Å². The quantitative estimate of drug-likeness (QED) is 0.0527. The third kappa shape index (κ3) is 13.7. The fraction of sp³-hybridized carbons (Fsp3) is 0.202. The molecule has 24 heteroatoms. The van der Waals surface area contributed by atoms with E-state index in [0.29, 0.717) is 29.8 Å². The second-order valence-electron chi connectivity index (χ2n) is 28.1. The molecule has 21 nitrogen and oxygen atoms in total. The van der Waals surface area contributed by atoms with E-state index in [2.05, 4.69) is 211 Å². The van der Waals surface area contributed by atoms with Gasteiger partial charge in [0.2, 0.25) is 5.95 Å². The summed E-state index contributed by atoms with van der Waals surface area (Å²) in [4.78, 5) is 65.2. The van der Waals surface area contributed by atoms with E-state index in [0.717, 1.165) is 242 Å². The molecule has 0 saturated carbocycles. The van der Waals surface area contributed by atoms with E-state index in [-0.39, 0.29) is 0 Å². The minimum Gasteiger partial charge on any atom is -0.382 e. The number of nitrogen functional groups attached to an aromatic ring is 4. The maximum Gasteiger partial charge on any atom is 0.212 e. The minimum atomic E-state index is -0.502. The van der Waals surface area contributed by atoms with E-state index in [1.165, 1.54) is 50.9 Å².